The molecular weight excluding hydrogens is 288 g/mol. The van der Waals surface area contributed by atoms with Crippen LogP contribution in [0.1, 0.15) is 32.8 Å². The third kappa shape index (κ3) is 5.47. The van der Waals surface area contributed by atoms with Crippen LogP contribution in [0.5, 0.6) is 0 Å². The molecule has 0 spiro atoms. The second-order valence-electron chi connectivity index (χ2n) is 6.12. The highest BCUT2D eigenvalue weighted by Crippen LogP contribution is 2.18. The van der Waals surface area contributed by atoms with Crippen molar-refractivity contribution in [2.75, 3.05) is 18.1 Å². The molecule has 0 aliphatic heterocycles. The van der Waals surface area contributed by atoms with Crippen LogP contribution in [0.3, 0.4) is 0 Å². The molecule has 1 amide bonds. The van der Waals surface area contributed by atoms with Gasteiger partial charge in [0.25, 0.3) is 0 Å². The van der Waals surface area contributed by atoms with E-state index in [0.29, 0.717) is 0 Å². The largest absolute Gasteiger partial charge is 0.326 e. The first-order valence-electron chi connectivity index (χ1n) is 6.85. The number of aryl methyl sites for hydroxylation is 1. The highest BCUT2D eigenvalue weighted by Gasteiger charge is 2.29. The van der Waals surface area contributed by atoms with E-state index in [0.717, 1.165) is 17.5 Å². The number of nitrogens with zero attached hydrogens (tertiary/aromatic N) is 1. The summed E-state index contributed by atoms with van der Waals surface area (Å²) in [5.74, 6) is -0.192. The van der Waals surface area contributed by atoms with Crippen LogP contribution in [0, 0.1) is 6.92 Å². The number of carbonyl (C=O) groups is 1. The average molecular weight is 312 g/mol. The van der Waals surface area contributed by atoms with Crippen molar-refractivity contribution in [3.8, 4) is 0 Å². The highest BCUT2D eigenvalue weighted by atomic mass is 32.2. The second kappa shape index (κ2) is 6.58. The lowest BCUT2D eigenvalue weighted by Crippen LogP contribution is -2.46. The number of sulfonamides is 1. The topological polar surface area (TPSA) is 66.5 Å². The lowest BCUT2D eigenvalue weighted by Gasteiger charge is -2.33. The minimum absolute atomic E-state index is 0.124. The smallest absolute Gasteiger partial charge is 0.225 e. The maximum Gasteiger partial charge on any atom is 0.225 e. The van der Waals surface area contributed by atoms with Crippen molar-refractivity contribution >= 4 is 21.6 Å². The summed E-state index contributed by atoms with van der Waals surface area (Å²) in [6, 6.07) is 7.48. The summed E-state index contributed by atoms with van der Waals surface area (Å²) in [7, 11) is -3.35. The van der Waals surface area contributed by atoms with Gasteiger partial charge in [-0.25, -0.2) is 8.42 Å². The lowest BCUT2D eigenvalue weighted by atomic mass is 10.1. The molecule has 0 fully saturated rings. The molecule has 0 bridgehead atoms. The number of carbonyl (C=O) groups excluding carboxylic acids is 1. The quantitative estimate of drug-likeness (QED) is 0.908. The van der Waals surface area contributed by atoms with Crippen LogP contribution in [0.25, 0.3) is 0 Å². The molecule has 0 atom stereocenters. The van der Waals surface area contributed by atoms with E-state index in [4.69, 9.17) is 0 Å². The van der Waals surface area contributed by atoms with Gasteiger partial charge in [-0.05, 0) is 39.3 Å². The molecule has 6 heteroatoms. The molecule has 0 aliphatic carbocycles. The SMILES string of the molecule is Cc1ccccc1NC(=O)CCN(C(C)(C)C)S(C)(=O)=O. The first-order valence-corrected chi connectivity index (χ1v) is 8.70. The van der Waals surface area contributed by atoms with Crippen molar-refractivity contribution in [1.29, 1.82) is 0 Å². The number of benzene rings is 1. The minimum atomic E-state index is -3.35. The van der Waals surface area contributed by atoms with E-state index in [1.165, 1.54) is 4.31 Å². The number of anilines is 1. The van der Waals surface area contributed by atoms with Gasteiger partial charge < -0.3 is 5.32 Å². The first kappa shape index (κ1) is 17.7. The Labute approximate surface area is 127 Å². The molecule has 0 heterocycles. The van der Waals surface area contributed by atoms with Gasteiger partial charge in [0, 0.05) is 24.2 Å². The number of rotatable bonds is 5. The number of nitrogens with one attached hydrogen (secondary N) is 1. The minimum Gasteiger partial charge on any atom is -0.326 e. The second-order valence-corrected chi connectivity index (χ2v) is 8.03. The predicted octanol–water partition coefficient (Wildman–Crippen LogP) is 2.38. The fraction of sp³-hybridized carbons (Fsp3) is 0.533. The summed E-state index contributed by atoms with van der Waals surface area (Å²) in [5, 5.41) is 2.81. The summed E-state index contributed by atoms with van der Waals surface area (Å²) in [6.07, 6.45) is 1.29. The summed E-state index contributed by atoms with van der Waals surface area (Å²) in [6.45, 7) is 7.52. The zero-order valence-electron chi connectivity index (χ0n) is 13.3. The Bertz CT molecular complexity index is 604. The normalized spacial score (nSPS) is 12.5. The van der Waals surface area contributed by atoms with Crippen LogP contribution >= 0.6 is 0 Å². The van der Waals surface area contributed by atoms with Gasteiger partial charge in [-0.2, -0.15) is 4.31 Å². The summed E-state index contributed by atoms with van der Waals surface area (Å²) < 4.78 is 24.9. The number of hydrogen-bond donors (Lipinski definition) is 1. The summed E-state index contributed by atoms with van der Waals surface area (Å²) in [5.41, 5.74) is 1.18. The molecule has 5 nitrogen and oxygen atoms in total. The lowest BCUT2D eigenvalue weighted by molar-refractivity contribution is -0.116. The van der Waals surface area contributed by atoms with E-state index < -0.39 is 15.6 Å². The molecule has 0 saturated heterocycles. The van der Waals surface area contributed by atoms with Crippen molar-refractivity contribution < 1.29 is 13.2 Å². The van der Waals surface area contributed by atoms with Gasteiger partial charge in [0.1, 0.15) is 0 Å². The fourth-order valence-electron chi connectivity index (χ4n) is 2.13. The molecule has 1 aromatic rings. The monoisotopic (exact) mass is 312 g/mol. The van der Waals surface area contributed by atoms with Crippen molar-refractivity contribution in [1.82, 2.24) is 4.31 Å². The summed E-state index contributed by atoms with van der Waals surface area (Å²) >= 11 is 0. The molecule has 21 heavy (non-hydrogen) atoms. The van der Waals surface area contributed by atoms with Crippen molar-refractivity contribution in [3.63, 3.8) is 0 Å². The molecule has 0 saturated carbocycles. The van der Waals surface area contributed by atoms with Crippen LogP contribution in [0.4, 0.5) is 5.69 Å². The molecule has 0 radical (unpaired) electrons. The molecule has 0 aromatic heterocycles. The van der Waals surface area contributed by atoms with E-state index in [1.807, 2.05) is 52.0 Å². The van der Waals surface area contributed by atoms with Crippen LogP contribution in [-0.4, -0.2) is 37.0 Å². The van der Waals surface area contributed by atoms with E-state index in [9.17, 15) is 13.2 Å². The van der Waals surface area contributed by atoms with Gasteiger partial charge in [-0.3, -0.25) is 4.79 Å². The Morgan fingerprint density at radius 3 is 2.29 bits per heavy atom. The third-order valence-electron chi connectivity index (χ3n) is 3.11. The zero-order chi connectivity index (χ0) is 16.3. The predicted molar refractivity (Wildman–Crippen MR) is 85.7 cm³/mol. The Morgan fingerprint density at radius 1 is 1.24 bits per heavy atom. The number of para-hydroxylation sites is 1. The molecule has 0 unspecified atom stereocenters. The Morgan fingerprint density at radius 2 is 1.81 bits per heavy atom. The van der Waals surface area contributed by atoms with E-state index >= 15 is 0 Å². The molecule has 1 aromatic carbocycles. The van der Waals surface area contributed by atoms with Crippen LogP contribution in [0.15, 0.2) is 24.3 Å². The maximum absolute atomic E-state index is 12.0. The molecule has 0 aliphatic rings. The number of amides is 1. The average Bonchev–Trinajstić information content (AvgIpc) is 2.28. The van der Waals surface area contributed by atoms with Crippen molar-refractivity contribution in [3.05, 3.63) is 29.8 Å². The van der Waals surface area contributed by atoms with E-state index in [-0.39, 0.29) is 18.9 Å². The third-order valence-corrected chi connectivity index (χ3v) is 4.64. The summed E-state index contributed by atoms with van der Waals surface area (Å²) in [4.78, 5) is 12.0. The van der Waals surface area contributed by atoms with Gasteiger partial charge in [0.2, 0.25) is 15.9 Å². The Hall–Kier alpha value is -1.40. The van der Waals surface area contributed by atoms with Crippen LogP contribution < -0.4 is 5.32 Å². The zero-order valence-corrected chi connectivity index (χ0v) is 14.1. The van der Waals surface area contributed by atoms with E-state index in [1.54, 1.807) is 0 Å². The van der Waals surface area contributed by atoms with Crippen LogP contribution in [0.2, 0.25) is 0 Å². The van der Waals surface area contributed by atoms with Gasteiger partial charge in [0.15, 0.2) is 0 Å². The molecule has 118 valence electrons. The van der Waals surface area contributed by atoms with Crippen molar-refractivity contribution in [2.24, 2.45) is 0 Å². The fourth-order valence-corrected chi connectivity index (χ4v) is 3.55. The Balaban J connectivity index is 2.69. The van der Waals surface area contributed by atoms with Gasteiger partial charge >= 0.3 is 0 Å². The van der Waals surface area contributed by atoms with Crippen LogP contribution in [-0.2, 0) is 14.8 Å². The highest BCUT2D eigenvalue weighted by molar-refractivity contribution is 7.88. The van der Waals surface area contributed by atoms with Gasteiger partial charge in [-0.15, -0.1) is 0 Å². The maximum atomic E-state index is 12.0. The standard InChI is InChI=1S/C15H24N2O3S/c1-12-8-6-7-9-13(12)16-14(18)10-11-17(15(2,3)4)21(5,19)20/h6-9H,10-11H2,1-5H3,(H,16,18). The van der Waals surface area contributed by atoms with Gasteiger partial charge in [-0.1, -0.05) is 18.2 Å². The first-order chi connectivity index (χ1) is 9.51. The van der Waals surface area contributed by atoms with Crippen molar-refractivity contribution in [2.45, 2.75) is 39.7 Å². The van der Waals surface area contributed by atoms with Gasteiger partial charge in [0.05, 0.1) is 6.26 Å². The Kier molecular flexibility index (Phi) is 5.53. The van der Waals surface area contributed by atoms with E-state index in [2.05, 4.69) is 5.32 Å². The molecule has 1 rings (SSSR count). The molecule has 1 N–H and O–H groups in total. The molecular formula is C15H24N2O3S. The number of hydrogen-bond acceptors (Lipinski definition) is 3.